The van der Waals surface area contributed by atoms with Gasteiger partial charge in [-0.25, -0.2) is 4.79 Å². The fourth-order valence-electron chi connectivity index (χ4n) is 7.22. The molecule has 0 spiro atoms. The van der Waals surface area contributed by atoms with Crippen molar-refractivity contribution in [3.63, 3.8) is 0 Å². The Morgan fingerprint density at radius 1 is 1.05 bits per heavy atom. The van der Waals surface area contributed by atoms with Crippen molar-refractivity contribution in [3.05, 3.63) is 59.3 Å². The summed E-state index contributed by atoms with van der Waals surface area (Å²) >= 11 is 0. The maximum atomic E-state index is 13.0. The van der Waals surface area contributed by atoms with Crippen LogP contribution in [0.4, 0.5) is 0 Å². The number of phenolic OH excluding ortho intramolecular Hbond substituents is 1. The number of carbonyl (C=O) groups is 2. The molecule has 0 unspecified atom stereocenters. The van der Waals surface area contributed by atoms with Crippen molar-refractivity contribution in [3.8, 4) is 17.2 Å². The smallest absolute Gasteiger partial charge is 0.331 e. The van der Waals surface area contributed by atoms with Gasteiger partial charge in [0, 0.05) is 41.8 Å². The first-order valence-corrected chi connectivity index (χ1v) is 14.1. The van der Waals surface area contributed by atoms with Crippen molar-refractivity contribution in [2.24, 2.45) is 17.8 Å². The second-order valence-electron chi connectivity index (χ2n) is 11.3. The highest BCUT2D eigenvalue weighted by atomic mass is 16.5. The summed E-state index contributed by atoms with van der Waals surface area (Å²) in [5, 5.41) is 11.0. The van der Waals surface area contributed by atoms with Gasteiger partial charge in [-0.05, 0) is 79.0 Å². The summed E-state index contributed by atoms with van der Waals surface area (Å²) in [6.45, 7) is 1.80. The topological polar surface area (TPSA) is 110 Å². The van der Waals surface area contributed by atoms with Gasteiger partial charge < -0.3 is 29.0 Å². The van der Waals surface area contributed by atoms with Crippen LogP contribution in [0.2, 0.25) is 0 Å². The highest BCUT2D eigenvalue weighted by Crippen LogP contribution is 2.50. The van der Waals surface area contributed by atoms with E-state index in [4.69, 9.17) is 18.9 Å². The van der Waals surface area contributed by atoms with Gasteiger partial charge >= 0.3 is 11.9 Å². The molecule has 1 saturated heterocycles. The van der Waals surface area contributed by atoms with Gasteiger partial charge in [0.05, 0.1) is 33.3 Å². The first-order valence-electron chi connectivity index (χ1n) is 14.1. The summed E-state index contributed by atoms with van der Waals surface area (Å²) in [5.41, 5.74) is 4.38. The zero-order valence-corrected chi connectivity index (χ0v) is 23.6. The van der Waals surface area contributed by atoms with Crippen LogP contribution >= 0.6 is 0 Å². The molecular weight excluding hydrogens is 524 g/mol. The third-order valence-electron chi connectivity index (χ3n) is 9.14. The van der Waals surface area contributed by atoms with Crippen molar-refractivity contribution in [2.45, 2.75) is 37.8 Å². The molecule has 2 N–H and O–H groups in total. The third-order valence-corrected chi connectivity index (χ3v) is 9.14. The molecule has 9 heteroatoms. The second kappa shape index (κ2) is 11.1. The molecule has 3 aliphatic rings. The lowest BCUT2D eigenvalue weighted by Crippen LogP contribution is -2.52. The van der Waals surface area contributed by atoms with E-state index in [1.54, 1.807) is 25.3 Å². The number of aromatic hydroxyl groups is 1. The Morgan fingerprint density at radius 3 is 2.68 bits per heavy atom. The third kappa shape index (κ3) is 5.14. The average molecular weight is 561 g/mol. The lowest BCUT2D eigenvalue weighted by Gasteiger charge is -2.51. The van der Waals surface area contributed by atoms with Crippen LogP contribution in [0, 0.1) is 17.8 Å². The molecule has 3 heterocycles. The standard InChI is InChI=1S/C32H36N2O7/c1-38-20-6-7-22-23-10-11-34-17-19-13-21(41-30(36)9-5-18-4-8-28(35)29(12-18)39-2)14-25(32(37)40-3)24(19)16-27(34)31(23)33-26(22)15-20/h4-9,12,15,19,21,24-25,27,33,35H,10-11,13-14,16-17H2,1-3H3/b9-5+/t19-,21-,24+,25-,27-/m1/s1. The maximum Gasteiger partial charge on any atom is 0.331 e. The van der Waals surface area contributed by atoms with Crippen LogP contribution in [0.1, 0.15) is 42.1 Å². The number of hydrogen-bond donors (Lipinski definition) is 2. The van der Waals surface area contributed by atoms with E-state index in [9.17, 15) is 14.7 Å². The van der Waals surface area contributed by atoms with Crippen LogP contribution in [0.15, 0.2) is 42.5 Å². The van der Waals surface area contributed by atoms with Crippen LogP contribution in [0.25, 0.3) is 17.0 Å². The molecular formula is C32H36N2O7. The van der Waals surface area contributed by atoms with Crippen LogP contribution in [0.3, 0.4) is 0 Å². The van der Waals surface area contributed by atoms with E-state index in [1.165, 1.54) is 43.0 Å². The first-order chi connectivity index (χ1) is 19.9. The van der Waals surface area contributed by atoms with Crippen LogP contribution in [-0.4, -0.2) is 67.5 Å². The van der Waals surface area contributed by atoms with Gasteiger partial charge in [-0.15, -0.1) is 0 Å². The monoisotopic (exact) mass is 560 g/mol. The van der Waals surface area contributed by atoms with Crippen LogP contribution in [-0.2, 0) is 25.5 Å². The Morgan fingerprint density at radius 2 is 1.90 bits per heavy atom. The highest BCUT2D eigenvalue weighted by Gasteiger charge is 2.49. The van der Waals surface area contributed by atoms with Gasteiger partial charge in [0.2, 0.25) is 0 Å². The number of nitrogens with one attached hydrogen (secondary N) is 1. The van der Waals surface area contributed by atoms with Crippen molar-refractivity contribution in [2.75, 3.05) is 34.4 Å². The molecule has 2 fully saturated rings. The van der Waals surface area contributed by atoms with E-state index in [0.717, 1.165) is 37.2 Å². The number of benzene rings is 2. The van der Waals surface area contributed by atoms with E-state index in [1.807, 2.05) is 12.1 Å². The summed E-state index contributed by atoms with van der Waals surface area (Å²) < 4.78 is 21.7. The molecule has 9 nitrogen and oxygen atoms in total. The number of methoxy groups -OCH3 is 3. The summed E-state index contributed by atoms with van der Waals surface area (Å²) in [6.07, 6.45) is 5.60. The first kappa shape index (κ1) is 27.2. The predicted molar refractivity (Wildman–Crippen MR) is 153 cm³/mol. The highest BCUT2D eigenvalue weighted by molar-refractivity contribution is 5.88. The summed E-state index contributed by atoms with van der Waals surface area (Å²) in [5.74, 6) is 0.512. The lowest BCUT2D eigenvalue weighted by atomic mass is 9.65. The van der Waals surface area contributed by atoms with Crippen LogP contribution < -0.4 is 9.47 Å². The van der Waals surface area contributed by atoms with E-state index in [-0.39, 0.29) is 41.6 Å². The van der Waals surface area contributed by atoms with E-state index >= 15 is 0 Å². The van der Waals surface area contributed by atoms with Gasteiger partial charge in [0.15, 0.2) is 11.5 Å². The summed E-state index contributed by atoms with van der Waals surface area (Å²) in [4.78, 5) is 32.0. The number of piperidine rings is 1. The summed E-state index contributed by atoms with van der Waals surface area (Å²) in [6, 6.07) is 11.2. The zero-order chi connectivity index (χ0) is 28.7. The van der Waals surface area contributed by atoms with E-state index < -0.39 is 5.97 Å². The van der Waals surface area contributed by atoms with Gasteiger partial charge in [-0.3, -0.25) is 9.69 Å². The molecule has 2 aliphatic heterocycles. The number of esters is 2. The number of carbonyl (C=O) groups excluding carboxylic acids is 2. The molecule has 0 amide bonds. The zero-order valence-electron chi connectivity index (χ0n) is 23.6. The molecule has 0 bridgehead atoms. The molecule has 0 radical (unpaired) electrons. The van der Waals surface area contributed by atoms with Crippen molar-refractivity contribution in [1.82, 2.24) is 9.88 Å². The largest absolute Gasteiger partial charge is 0.504 e. The molecule has 5 atom stereocenters. The predicted octanol–water partition coefficient (Wildman–Crippen LogP) is 4.63. The summed E-state index contributed by atoms with van der Waals surface area (Å²) in [7, 11) is 4.58. The fraction of sp³-hybridized carbons (Fsp3) is 0.438. The number of ether oxygens (including phenoxy) is 4. The number of nitrogens with zero attached hydrogens (tertiary/aromatic N) is 1. The molecule has 6 rings (SSSR count). The van der Waals surface area contributed by atoms with E-state index in [2.05, 4.69) is 16.0 Å². The Balaban J connectivity index is 1.19. The minimum Gasteiger partial charge on any atom is -0.504 e. The fourth-order valence-corrected chi connectivity index (χ4v) is 7.22. The Kier molecular flexibility index (Phi) is 7.38. The van der Waals surface area contributed by atoms with Gasteiger partial charge in [-0.2, -0.15) is 0 Å². The van der Waals surface area contributed by atoms with Crippen LogP contribution in [0.5, 0.6) is 17.2 Å². The number of phenols is 1. The van der Waals surface area contributed by atoms with Gasteiger partial charge in [-0.1, -0.05) is 6.07 Å². The Bertz CT molecular complexity index is 1490. The van der Waals surface area contributed by atoms with Gasteiger partial charge in [0.25, 0.3) is 0 Å². The molecule has 1 aliphatic carbocycles. The van der Waals surface area contributed by atoms with Crippen molar-refractivity contribution in [1.29, 1.82) is 0 Å². The second-order valence-corrected chi connectivity index (χ2v) is 11.3. The number of H-pyrrole nitrogens is 1. The van der Waals surface area contributed by atoms with E-state index in [0.29, 0.717) is 24.2 Å². The molecule has 216 valence electrons. The number of aromatic amines is 1. The molecule has 2 aromatic carbocycles. The molecule has 41 heavy (non-hydrogen) atoms. The normalized spacial score (nSPS) is 25.7. The van der Waals surface area contributed by atoms with Gasteiger partial charge in [0.1, 0.15) is 11.9 Å². The van der Waals surface area contributed by atoms with Crippen molar-refractivity contribution < 1.29 is 33.6 Å². The molecule has 1 saturated carbocycles. The SMILES string of the molecule is COC(=O)[C@@H]1C[C@H](OC(=O)/C=C/c2ccc(O)c(OC)c2)C[C@@H]2CN3CCc4c([nH]c5cc(OC)ccc45)[C@H]3C[C@@H]21. The number of fused-ring (bicyclic) bond motifs is 6. The number of aromatic nitrogens is 1. The van der Waals surface area contributed by atoms with Crippen molar-refractivity contribution >= 4 is 28.9 Å². The molecule has 3 aromatic rings. The Hall–Kier alpha value is -3.98. The minimum absolute atomic E-state index is 0.0299. The Labute approximate surface area is 239 Å². The maximum absolute atomic E-state index is 13.0. The quantitative estimate of drug-likeness (QED) is 0.332. The minimum atomic E-state index is -0.464. The number of hydrogen-bond acceptors (Lipinski definition) is 8. The average Bonchev–Trinajstić information content (AvgIpc) is 3.37. The lowest BCUT2D eigenvalue weighted by molar-refractivity contribution is -0.163. The molecule has 1 aromatic heterocycles. The number of rotatable bonds is 6.